The standard InChI is InChI=1S/C14H23ClN4O2/c1-14(2,20-4)10-19-13(16-3)18-8-9-21-12-11(15)6-5-7-17-12/h5-7H,8-10H2,1-4H3,(H2,16,18,19). The molecule has 0 amide bonds. The van der Waals surface area contributed by atoms with Gasteiger partial charge in [0.15, 0.2) is 5.96 Å². The number of guanidine groups is 1. The molecule has 0 saturated carbocycles. The van der Waals surface area contributed by atoms with Crippen molar-refractivity contribution < 1.29 is 9.47 Å². The fourth-order valence-corrected chi connectivity index (χ4v) is 1.56. The van der Waals surface area contributed by atoms with Crippen molar-refractivity contribution in [1.29, 1.82) is 0 Å². The lowest BCUT2D eigenvalue weighted by molar-refractivity contribution is 0.0268. The first kappa shape index (κ1) is 17.5. The molecule has 0 aliphatic carbocycles. The van der Waals surface area contributed by atoms with Crippen LogP contribution in [-0.4, -0.2) is 50.4 Å². The quantitative estimate of drug-likeness (QED) is 0.455. The van der Waals surface area contributed by atoms with E-state index >= 15 is 0 Å². The molecular formula is C14H23ClN4O2. The maximum atomic E-state index is 5.95. The van der Waals surface area contributed by atoms with Crippen molar-refractivity contribution in [2.24, 2.45) is 4.99 Å². The summed E-state index contributed by atoms with van der Waals surface area (Å²) in [6, 6.07) is 3.50. The Morgan fingerprint density at radius 3 is 2.81 bits per heavy atom. The molecule has 0 aromatic carbocycles. The van der Waals surface area contributed by atoms with Crippen molar-refractivity contribution in [2.75, 3.05) is 33.9 Å². The molecule has 0 bridgehead atoms. The van der Waals surface area contributed by atoms with Crippen LogP contribution in [-0.2, 0) is 4.74 Å². The number of pyridine rings is 1. The van der Waals surface area contributed by atoms with E-state index in [2.05, 4.69) is 20.6 Å². The zero-order valence-electron chi connectivity index (χ0n) is 12.9. The highest BCUT2D eigenvalue weighted by Gasteiger charge is 2.16. The maximum absolute atomic E-state index is 5.95. The van der Waals surface area contributed by atoms with E-state index in [1.54, 1.807) is 32.5 Å². The second-order valence-electron chi connectivity index (χ2n) is 4.96. The number of nitrogens with zero attached hydrogens (tertiary/aromatic N) is 2. The van der Waals surface area contributed by atoms with E-state index < -0.39 is 0 Å². The second-order valence-corrected chi connectivity index (χ2v) is 5.36. The number of aliphatic imine (C=N–C) groups is 1. The molecule has 7 heteroatoms. The number of ether oxygens (including phenoxy) is 2. The maximum Gasteiger partial charge on any atom is 0.232 e. The Bertz CT molecular complexity index is 466. The molecule has 0 saturated heterocycles. The van der Waals surface area contributed by atoms with E-state index in [-0.39, 0.29) is 5.60 Å². The summed E-state index contributed by atoms with van der Waals surface area (Å²) < 4.78 is 10.8. The number of hydrogen-bond acceptors (Lipinski definition) is 4. The first-order valence-corrected chi connectivity index (χ1v) is 7.09. The first-order chi connectivity index (χ1) is 9.98. The van der Waals surface area contributed by atoms with Gasteiger partial charge in [0.1, 0.15) is 11.6 Å². The molecule has 0 atom stereocenters. The third-order valence-electron chi connectivity index (χ3n) is 2.82. The SMILES string of the molecule is CN=C(NCCOc1ncccc1Cl)NCC(C)(C)OC. The van der Waals surface area contributed by atoms with Crippen LogP contribution in [0.3, 0.4) is 0 Å². The Morgan fingerprint density at radius 2 is 2.19 bits per heavy atom. The Morgan fingerprint density at radius 1 is 1.43 bits per heavy atom. The molecule has 0 spiro atoms. The van der Waals surface area contributed by atoms with Gasteiger partial charge in [-0.1, -0.05) is 11.6 Å². The van der Waals surface area contributed by atoms with Gasteiger partial charge >= 0.3 is 0 Å². The van der Waals surface area contributed by atoms with Gasteiger partial charge in [0, 0.05) is 26.9 Å². The Kier molecular flexibility index (Phi) is 7.25. The summed E-state index contributed by atoms with van der Waals surface area (Å²) in [5.41, 5.74) is -0.254. The van der Waals surface area contributed by atoms with E-state index in [9.17, 15) is 0 Å². The highest BCUT2D eigenvalue weighted by atomic mass is 35.5. The van der Waals surface area contributed by atoms with Gasteiger partial charge in [0.25, 0.3) is 0 Å². The predicted molar refractivity (Wildman–Crippen MR) is 85.2 cm³/mol. The van der Waals surface area contributed by atoms with Gasteiger partial charge in [-0.15, -0.1) is 0 Å². The summed E-state index contributed by atoms with van der Waals surface area (Å²) >= 11 is 5.95. The molecule has 0 aliphatic rings. The number of nitrogens with one attached hydrogen (secondary N) is 2. The molecule has 0 aliphatic heterocycles. The van der Waals surface area contributed by atoms with E-state index in [1.165, 1.54) is 0 Å². The predicted octanol–water partition coefficient (Wildman–Crippen LogP) is 1.70. The van der Waals surface area contributed by atoms with Gasteiger partial charge in [-0.3, -0.25) is 4.99 Å². The zero-order chi connectivity index (χ0) is 15.7. The van der Waals surface area contributed by atoms with E-state index in [4.69, 9.17) is 21.1 Å². The fourth-order valence-electron chi connectivity index (χ4n) is 1.38. The zero-order valence-corrected chi connectivity index (χ0v) is 13.7. The molecule has 0 radical (unpaired) electrons. The summed E-state index contributed by atoms with van der Waals surface area (Å²) in [6.07, 6.45) is 1.64. The minimum absolute atomic E-state index is 0.254. The molecule has 0 fully saturated rings. The molecule has 1 aromatic rings. The van der Waals surface area contributed by atoms with Crippen molar-refractivity contribution in [1.82, 2.24) is 15.6 Å². The molecule has 21 heavy (non-hydrogen) atoms. The monoisotopic (exact) mass is 314 g/mol. The normalized spacial score (nSPS) is 12.1. The van der Waals surface area contributed by atoms with Crippen LogP contribution in [0.5, 0.6) is 5.88 Å². The minimum Gasteiger partial charge on any atom is -0.475 e. The number of halogens is 1. The molecule has 6 nitrogen and oxygen atoms in total. The average Bonchev–Trinajstić information content (AvgIpc) is 2.48. The van der Waals surface area contributed by atoms with Gasteiger partial charge in [-0.25, -0.2) is 4.98 Å². The molecule has 0 unspecified atom stereocenters. The Labute approximate surface area is 130 Å². The van der Waals surface area contributed by atoms with Gasteiger partial charge < -0.3 is 20.1 Å². The van der Waals surface area contributed by atoms with Crippen LogP contribution in [0.4, 0.5) is 0 Å². The van der Waals surface area contributed by atoms with E-state index in [1.807, 2.05) is 13.8 Å². The van der Waals surface area contributed by atoms with E-state index in [0.717, 1.165) is 0 Å². The molecule has 1 heterocycles. The van der Waals surface area contributed by atoms with Gasteiger partial charge in [0.05, 0.1) is 12.1 Å². The van der Waals surface area contributed by atoms with Crippen LogP contribution in [0, 0.1) is 0 Å². The van der Waals surface area contributed by atoms with Crippen LogP contribution in [0.2, 0.25) is 5.02 Å². The highest BCUT2D eigenvalue weighted by Crippen LogP contribution is 2.19. The van der Waals surface area contributed by atoms with Crippen molar-refractivity contribution >= 4 is 17.6 Å². The first-order valence-electron chi connectivity index (χ1n) is 6.71. The van der Waals surface area contributed by atoms with Gasteiger partial charge in [0.2, 0.25) is 5.88 Å². The minimum atomic E-state index is -0.254. The molecule has 1 aromatic heterocycles. The summed E-state index contributed by atoms with van der Waals surface area (Å²) in [7, 11) is 3.40. The summed E-state index contributed by atoms with van der Waals surface area (Å²) in [4.78, 5) is 8.18. The van der Waals surface area contributed by atoms with Crippen LogP contribution in [0.25, 0.3) is 0 Å². The van der Waals surface area contributed by atoms with Crippen molar-refractivity contribution in [3.05, 3.63) is 23.4 Å². The highest BCUT2D eigenvalue weighted by molar-refractivity contribution is 6.31. The third kappa shape index (κ3) is 6.64. The number of aromatic nitrogens is 1. The summed E-state index contributed by atoms with van der Waals surface area (Å²) in [5, 5.41) is 6.83. The van der Waals surface area contributed by atoms with E-state index in [0.29, 0.717) is 36.6 Å². The van der Waals surface area contributed by atoms with Gasteiger partial charge in [-0.2, -0.15) is 0 Å². The van der Waals surface area contributed by atoms with Crippen LogP contribution in [0.15, 0.2) is 23.3 Å². The Hall–Kier alpha value is -1.53. The largest absolute Gasteiger partial charge is 0.475 e. The lowest BCUT2D eigenvalue weighted by atomic mass is 10.1. The molecular weight excluding hydrogens is 292 g/mol. The molecule has 1 rings (SSSR count). The average molecular weight is 315 g/mol. The van der Waals surface area contributed by atoms with Gasteiger partial charge in [-0.05, 0) is 26.0 Å². The van der Waals surface area contributed by atoms with Crippen LogP contribution in [0.1, 0.15) is 13.8 Å². The number of rotatable bonds is 7. The number of hydrogen-bond donors (Lipinski definition) is 2. The van der Waals surface area contributed by atoms with Crippen LogP contribution < -0.4 is 15.4 Å². The van der Waals surface area contributed by atoms with Crippen LogP contribution >= 0.6 is 11.6 Å². The fraction of sp³-hybridized carbons (Fsp3) is 0.571. The van der Waals surface area contributed by atoms with Crippen molar-refractivity contribution in [3.63, 3.8) is 0 Å². The van der Waals surface area contributed by atoms with Crippen molar-refractivity contribution in [2.45, 2.75) is 19.4 Å². The smallest absolute Gasteiger partial charge is 0.232 e. The Balaban J connectivity index is 2.29. The second kappa shape index (κ2) is 8.69. The summed E-state index contributed by atoms with van der Waals surface area (Å²) in [6.45, 7) is 5.67. The lowest BCUT2D eigenvalue weighted by Gasteiger charge is -2.24. The lowest BCUT2D eigenvalue weighted by Crippen LogP contribution is -2.46. The molecule has 118 valence electrons. The topological polar surface area (TPSA) is 67.8 Å². The summed E-state index contributed by atoms with van der Waals surface area (Å²) in [5.74, 6) is 1.13. The number of methoxy groups -OCH3 is 1. The molecule has 2 N–H and O–H groups in total. The van der Waals surface area contributed by atoms with Crippen molar-refractivity contribution in [3.8, 4) is 5.88 Å². The third-order valence-corrected chi connectivity index (χ3v) is 3.10.